The maximum absolute atomic E-state index is 11.5. The Morgan fingerprint density at radius 2 is 2.12 bits per heavy atom. The molecule has 0 spiro atoms. The molecular weight excluding hydrogens is 204 g/mol. The summed E-state index contributed by atoms with van der Waals surface area (Å²) in [5.41, 5.74) is 7.41. The van der Waals surface area contributed by atoms with Crippen molar-refractivity contribution < 1.29 is 5.11 Å². The Kier molecular flexibility index (Phi) is 2.74. The van der Waals surface area contributed by atoms with E-state index in [4.69, 9.17) is 5.73 Å². The number of nitrogens with one attached hydrogen (secondary N) is 1. The van der Waals surface area contributed by atoms with Crippen LogP contribution in [0.25, 0.3) is 11.1 Å². The normalized spacial score (nSPS) is 10.3. The number of phenols is 1. The monoisotopic (exact) mass is 216 g/mol. The molecule has 0 saturated heterocycles. The first kappa shape index (κ1) is 10.4. The molecule has 0 radical (unpaired) electrons. The molecule has 0 bridgehead atoms. The fourth-order valence-corrected chi connectivity index (χ4v) is 1.66. The van der Waals surface area contributed by atoms with Crippen LogP contribution < -0.4 is 11.3 Å². The molecule has 4 heteroatoms. The van der Waals surface area contributed by atoms with Crippen LogP contribution in [0, 0.1) is 0 Å². The van der Waals surface area contributed by atoms with Gasteiger partial charge in [0.1, 0.15) is 5.75 Å². The average molecular weight is 216 g/mol. The molecule has 1 aromatic carbocycles. The van der Waals surface area contributed by atoms with Crippen molar-refractivity contribution in [3.63, 3.8) is 0 Å². The van der Waals surface area contributed by atoms with Crippen molar-refractivity contribution in [1.82, 2.24) is 4.98 Å². The highest BCUT2D eigenvalue weighted by molar-refractivity contribution is 5.67. The van der Waals surface area contributed by atoms with Gasteiger partial charge in [0.25, 0.3) is 5.56 Å². The van der Waals surface area contributed by atoms with E-state index in [-0.39, 0.29) is 17.9 Å². The quantitative estimate of drug-likeness (QED) is 0.705. The van der Waals surface area contributed by atoms with Gasteiger partial charge < -0.3 is 15.8 Å². The van der Waals surface area contributed by atoms with Gasteiger partial charge in [0.2, 0.25) is 0 Å². The minimum Gasteiger partial charge on any atom is -0.508 e. The van der Waals surface area contributed by atoms with Crippen LogP contribution in [0.1, 0.15) is 5.56 Å². The van der Waals surface area contributed by atoms with Crippen LogP contribution in [0.2, 0.25) is 0 Å². The summed E-state index contributed by atoms with van der Waals surface area (Å²) in [5.74, 6) is 0.167. The minimum atomic E-state index is -0.191. The predicted octanol–water partition coefficient (Wildman–Crippen LogP) is 1.21. The number of aromatic nitrogens is 1. The summed E-state index contributed by atoms with van der Waals surface area (Å²) in [6.45, 7) is 0.168. The molecular formula is C12H12N2O2. The van der Waals surface area contributed by atoms with Crippen LogP contribution in [-0.2, 0) is 6.54 Å². The molecule has 0 aliphatic rings. The van der Waals surface area contributed by atoms with Crippen molar-refractivity contribution in [3.8, 4) is 16.9 Å². The van der Waals surface area contributed by atoms with Crippen molar-refractivity contribution in [2.24, 2.45) is 5.73 Å². The van der Waals surface area contributed by atoms with E-state index in [9.17, 15) is 9.90 Å². The van der Waals surface area contributed by atoms with Crippen LogP contribution in [0.15, 0.2) is 41.3 Å². The number of phenolic OH excluding ortho intramolecular Hbond substituents is 1. The Morgan fingerprint density at radius 3 is 2.81 bits per heavy atom. The molecule has 4 N–H and O–H groups in total. The highest BCUT2D eigenvalue weighted by atomic mass is 16.3. The topological polar surface area (TPSA) is 79.1 Å². The molecule has 0 unspecified atom stereocenters. The van der Waals surface area contributed by atoms with Gasteiger partial charge >= 0.3 is 0 Å². The molecule has 0 atom stereocenters. The number of hydrogen-bond donors (Lipinski definition) is 3. The Morgan fingerprint density at radius 1 is 1.31 bits per heavy atom. The summed E-state index contributed by atoms with van der Waals surface area (Å²) in [6, 6.07) is 8.52. The lowest BCUT2D eigenvalue weighted by Crippen LogP contribution is -2.16. The van der Waals surface area contributed by atoms with Crippen molar-refractivity contribution in [1.29, 1.82) is 0 Å². The van der Waals surface area contributed by atoms with E-state index in [2.05, 4.69) is 4.98 Å². The van der Waals surface area contributed by atoms with Gasteiger partial charge in [0.05, 0.1) is 0 Å². The SMILES string of the molecule is NCc1c(-c2cccc(O)c2)cc[nH]c1=O. The smallest absolute Gasteiger partial charge is 0.253 e. The van der Waals surface area contributed by atoms with Gasteiger partial charge in [-0.05, 0) is 29.3 Å². The van der Waals surface area contributed by atoms with Gasteiger partial charge in [0, 0.05) is 18.3 Å². The van der Waals surface area contributed by atoms with E-state index in [1.165, 1.54) is 0 Å². The van der Waals surface area contributed by atoms with Crippen molar-refractivity contribution >= 4 is 0 Å². The van der Waals surface area contributed by atoms with Gasteiger partial charge in [-0.15, -0.1) is 0 Å². The zero-order chi connectivity index (χ0) is 11.5. The number of benzene rings is 1. The molecule has 1 heterocycles. The first-order valence-corrected chi connectivity index (χ1v) is 4.92. The Labute approximate surface area is 92.4 Å². The number of nitrogens with two attached hydrogens (primary N) is 1. The summed E-state index contributed by atoms with van der Waals surface area (Å²) in [7, 11) is 0. The largest absolute Gasteiger partial charge is 0.508 e. The van der Waals surface area contributed by atoms with E-state index in [1.54, 1.807) is 30.5 Å². The molecule has 2 rings (SSSR count). The zero-order valence-electron chi connectivity index (χ0n) is 8.60. The molecule has 2 aromatic rings. The number of rotatable bonds is 2. The van der Waals surface area contributed by atoms with Gasteiger partial charge in [-0.2, -0.15) is 0 Å². The van der Waals surface area contributed by atoms with Crippen molar-refractivity contribution in [2.45, 2.75) is 6.54 Å². The fourth-order valence-electron chi connectivity index (χ4n) is 1.66. The lowest BCUT2D eigenvalue weighted by atomic mass is 10.0. The average Bonchev–Trinajstić information content (AvgIpc) is 2.28. The molecule has 0 aliphatic heterocycles. The predicted molar refractivity (Wildman–Crippen MR) is 62.1 cm³/mol. The second kappa shape index (κ2) is 4.20. The van der Waals surface area contributed by atoms with Gasteiger partial charge in [-0.3, -0.25) is 4.79 Å². The number of H-pyrrole nitrogens is 1. The third kappa shape index (κ3) is 1.83. The highest BCUT2D eigenvalue weighted by Crippen LogP contribution is 2.24. The molecule has 4 nitrogen and oxygen atoms in total. The van der Waals surface area contributed by atoms with Gasteiger partial charge in [-0.25, -0.2) is 0 Å². The first-order chi connectivity index (χ1) is 7.72. The number of aromatic amines is 1. The molecule has 16 heavy (non-hydrogen) atoms. The van der Waals surface area contributed by atoms with E-state index < -0.39 is 0 Å². The molecule has 0 saturated carbocycles. The minimum absolute atomic E-state index is 0.167. The molecule has 0 fully saturated rings. The van der Waals surface area contributed by atoms with Crippen LogP contribution in [-0.4, -0.2) is 10.1 Å². The van der Waals surface area contributed by atoms with Crippen LogP contribution in [0.5, 0.6) is 5.75 Å². The van der Waals surface area contributed by atoms with Gasteiger partial charge in [-0.1, -0.05) is 12.1 Å². The maximum atomic E-state index is 11.5. The molecule has 0 amide bonds. The molecule has 1 aromatic heterocycles. The molecule has 0 aliphatic carbocycles. The van der Waals surface area contributed by atoms with E-state index in [1.807, 2.05) is 6.07 Å². The summed E-state index contributed by atoms with van der Waals surface area (Å²) in [5, 5.41) is 9.39. The summed E-state index contributed by atoms with van der Waals surface area (Å²) in [4.78, 5) is 14.1. The van der Waals surface area contributed by atoms with E-state index in [0.717, 1.165) is 11.1 Å². The lowest BCUT2D eigenvalue weighted by molar-refractivity contribution is 0.475. The zero-order valence-corrected chi connectivity index (χ0v) is 8.60. The van der Waals surface area contributed by atoms with Crippen LogP contribution >= 0.6 is 0 Å². The second-order valence-corrected chi connectivity index (χ2v) is 3.45. The second-order valence-electron chi connectivity index (χ2n) is 3.45. The van der Waals surface area contributed by atoms with E-state index in [0.29, 0.717) is 5.56 Å². The summed E-state index contributed by atoms with van der Waals surface area (Å²) >= 11 is 0. The Bertz CT molecular complexity index is 561. The summed E-state index contributed by atoms with van der Waals surface area (Å²) in [6.07, 6.45) is 1.57. The third-order valence-corrected chi connectivity index (χ3v) is 2.42. The number of hydrogen-bond acceptors (Lipinski definition) is 3. The van der Waals surface area contributed by atoms with Crippen LogP contribution in [0.3, 0.4) is 0 Å². The lowest BCUT2D eigenvalue weighted by Gasteiger charge is -2.06. The van der Waals surface area contributed by atoms with Crippen molar-refractivity contribution in [2.75, 3.05) is 0 Å². The Balaban J connectivity index is 2.64. The number of pyridine rings is 1. The standard InChI is InChI=1S/C12H12N2O2/c13-7-11-10(4-5-14-12(11)16)8-2-1-3-9(15)6-8/h1-6,15H,7,13H2,(H,14,16). The first-order valence-electron chi connectivity index (χ1n) is 4.92. The van der Waals surface area contributed by atoms with Crippen LogP contribution in [0.4, 0.5) is 0 Å². The summed E-state index contributed by atoms with van der Waals surface area (Å²) < 4.78 is 0. The fraction of sp³-hybridized carbons (Fsp3) is 0.0833. The van der Waals surface area contributed by atoms with E-state index >= 15 is 0 Å². The Hall–Kier alpha value is -2.07. The molecule has 82 valence electrons. The highest BCUT2D eigenvalue weighted by Gasteiger charge is 2.07. The maximum Gasteiger partial charge on any atom is 0.253 e. The van der Waals surface area contributed by atoms with Gasteiger partial charge in [0.15, 0.2) is 0 Å². The van der Waals surface area contributed by atoms with Crippen molar-refractivity contribution in [3.05, 3.63) is 52.4 Å². The third-order valence-electron chi connectivity index (χ3n) is 2.42. The number of aromatic hydroxyl groups is 1.